The molecule has 12 nitrogen and oxygen atoms in total. The molecule has 3 atom stereocenters. The summed E-state index contributed by atoms with van der Waals surface area (Å²) in [6.45, 7) is 4.92. The molecule has 3 saturated heterocycles. The molecule has 6 bridgehead atoms. The summed E-state index contributed by atoms with van der Waals surface area (Å²) in [5.41, 5.74) is 2.38. The molecule has 3 fully saturated rings. The molecule has 0 unspecified atom stereocenters. The number of aromatic amines is 1. The van der Waals surface area contributed by atoms with E-state index in [-0.39, 0.29) is 24.8 Å². The smallest absolute Gasteiger partial charge is 0.461 e. The number of halogens is 2. The Labute approximate surface area is 269 Å². The molecule has 1 aromatic carbocycles. The first kappa shape index (κ1) is 29.6. The van der Waals surface area contributed by atoms with Gasteiger partial charge in [-0.05, 0) is 56.8 Å². The zero-order valence-electron chi connectivity index (χ0n) is 25.6. The fourth-order valence-electron chi connectivity index (χ4n) is 7.59. The Morgan fingerprint density at radius 2 is 2.09 bits per heavy atom. The summed E-state index contributed by atoms with van der Waals surface area (Å²) in [6, 6.07) is 3.97. The number of aromatic nitrogens is 5. The zero-order valence-corrected chi connectivity index (χ0v) is 26.3. The van der Waals surface area contributed by atoms with Crippen LogP contribution in [-0.4, -0.2) is 106 Å². The second-order valence-electron chi connectivity index (χ2n) is 13.1. The number of hydrogen-bond donors (Lipinski definition) is 1. The molecule has 14 heteroatoms. The van der Waals surface area contributed by atoms with Crippen LogP contribution in [0.5, 0.6) is 6.01 Å². The fourth-order valence-corrected chi connectivity index (χ4v) is 7.88. The van der Waals surface area contributed by atoms with Gasteiger partial charge in [0.05, 0.1) is 60.2 Å². The zero-order chi connectivity index (χ0) is 31.5. The minimum absolute atomic E-state index is 0.149. The van der Waals surface area contributed by atoms with E-state index in [0.717, 1.165) is 41.4 Å². The average Bonchev–Trinajstić information content (AvgIpc) is 3.68. The van der Waals surface area contributed by atoms with Crippen molar-refractivity contribution >= 4 is 45.4 Å². The maximum atomic E-state index is 14.5. The Balaban J connectivity index is 1.28. The van der Waals surface area contributed by atoms with Crippen LogP contribution in [0.2, 0.25) is 5.02 Å². The van der Waals surface area contributed by atoms with Crippen LogP contribution in [-0.2, 0) is 20.6 Å². The van der Waals surface area contributed by atoms with E-state index in [4.69, 9.17) is 45.5 Å². The van der Waals surface area contributed by atoms with E-state index in [2.05, 4.69) is 15.1 Å². The van der Waals surface area contributed by atoms with Crippen molar-refractivity contribution in [2.24, 2.45) is 0 Å². The highest BCUT2D eigenvalue weighted by Crippen LogP contribution is 2.41. The topological polar surface area (TPSA) is 128 Å². The molecule has 5 aliphatic rings. The quantitative estimate of drug-likeness (QED) is 0.305. The molecule has 5 aliphatic heterocycles. The van der Waals surface area contributed by atoms with Crippen molar-refractivity contribution in [2.75, 3.05) is 57.5 Å². The van der Waals surface area contributed by atoms with Crippen LogP contribution in [0.1, 0.15) is 38.2 Å². The lowest BCUT2D eigenvalue weighted by molar-refractivity contribution is -0.0575. The molecule has 4 aromatic rings. The molecule has 0 aliphatic carbocycles. The fraction of sp³-hybridized carbons (Fsp3) is 0.531. The third-order valence-electron chi connectivity index (χ3n) is 9.69. The number of rotatable bonds is 3. The van der Waals surface area contributed by atoms with Crippen molar-refractivity contribution in [3.8, 4) is 17.3 Å². The van der Waals surface area contributed by atoms with E-state index in [0.29, 0.717) is 79.5 Å². The molecule has 46 heavy (non-hydrogen) atoms. The van der Waals surface area contributed by atoms with Crippen LogP contribution in [0.4, 0.5) is 15.0 Å². The number of anilines is 1. The number of nitrogens with zero attached hydrogens (tertiary/aromatic N) is 6. The number of H-pyrrole nitrogens is 1. The summed E-state index contributed by atoms with van der Waals surface area (Å²) in [5, 5.41) is 9.39. The Morgan fingerprint density at radius 3 is 3.00 bits per heavy atom. The Hall–Kier alpha value is -3.81. The predicted molar refractivity (Wildman–Crippen MR) is 168 cm³/mol. The monoisotopic (exact) mass is 651 g/mol. The van der Waals surface area contributed by atoms with E-state index >= 15 is 0 Å². The minimum atomic E-state index is -1.01. The summed E-state index contributed by atoms with van der Waals surface area (Å²) in [7, 11) is 0. The van der Waals surface area contributed by atoms with Gasteiger partial charge < -0.3 is 23.8 Å². The Kier molecular flexibility index (Phi) is 7.37. The van der Waals surface area contributed by atoms with E-state index in [1.807, 2.05) is 24.0 Å². The van der Waals surface area contributed by atoms with E-state index in [9.17, 15) is 9.18 Å². The van der Waals surface area contributed by atoms with Crippen LogP contribution in [0.3, 0.4) is 0 Å². The first-order valence-corrected chi connectivity index (χ1v) is 16.2. The number of nitrogens with one attached hydrogen (secondary N) is 1. The summed E-state index contributed by atoms with van der Waals surface area (Å²) in [5.74, 6) is 0.579. The number of carbonyl (C=O) groups is 1. The largest absolute Gasteiger partial charge is 0.508 e. The van der Waals surface area contributed by atoms with Gasteiger partial charge in [0.25, 0.3) is 0 Å². The second-order valence-corrected chi connectivity index (χ2v) is 13.5. The van der Waals surface area contributed by atoms with Crippen molar-refractivity contribution in [1.29, 1.82) is 0 Å². The lowest BCUT2D eigenvalue weighted by Crippen LogP contribution is -2.46. The molecule has 0 amide bonds. The van der Waals surface area contributed by atoms with Crippen LogP contribution in [0.15, 0.2) is 24.5 Å². The predicted octanol–water partition coefficient (Wildman–Crippen LogP) is 4.87. The summed E-state index contributed by atoms with van der Waals surface area (Å²) in [6.07, 6.45) is 5.25. The molecule has 0 spiro atoms. The SMILES string of the molecule is C[C@@]12COCCN(C1)c1nc(OC[C@@]34CCCN3C[C@H](F)C4)nc3cc(ncc13)-c1c(c(Cl)cc3[nH]ncc13)CCCOC(=O)O2. The third kappa shape index (κ3) is 5.27. The highest BCUT2D eigenvalue weighted by atomic mass is 35.5. The molecule has 3 aromatic heterocycles. The molecular formula is C32H35ClFN7O5. The van der Waals surface area contributed by atoms with E-state index < -0.39 is 17.9 Å². The number of pyridine rings is 1. The summed E-state index contributed by atoms with van der Waals surface area (Å²) >= 11 is 6.84. The molecule has 0 saturated carbocycles. The van der Waals surface area contributed by atoms with Crippen LogP contribution in [0.25, 0.3) is 33.1 Å². The summed E-state index contributed by atoms with van der Waals surface area (Å²) in [4.78, 5) is 31.8. The van der Waals surface area contributed by atoms with Crippen LogP contribution < -0.4 is 9.64 Å². The van der Waals surface area contributed by atoms with Crippen LogP contribution in [0, 0.1) is 0 Å². The summed E-state index contributed by atoms with van der Waals surface area (Å²) < 4.78 is 38.2. The molecule has 9 rings (SSSR count). The standard InChI is InChI=1S/C32H35ClFN7O5/c1-31-16-40(7-9-43-17-31)28-22-13-35-26(11-24(22)37-29(38-28)45-18-32-5-3-6-41(32)15-19(34)12-32)27-20(4-2-8-44-30(42)46-31)23(33)10-25-21(27)14-36-39-25/h10-11,13-14,19H,2-9,12,15-18H2,1H3,(H,36,39)/t19-,31+,32+/m1/s1. The molecule has 0 radical (unpaired) electrons. The number of benzene rings is 1. The van der Waals surface area contributed by atoms with E-state index in [1.165, 1.54) is 0 Å². The van der Waals surface area contributed by atoms with Gasteiger partial charge in [0.15, 0.2) is 5.60 Å². The average molecular weight is 652 g/mol. The molecule has 1 N–H and O–H groups in total. The van der Waals surface area contributed by atoms with E-state index in [1.54, 1.807) is 12.4 Å². The van der Waals surface area contributed by atoms with Crippen molar-refractivity contribution in [3.05, 3.63) is 35.1 Å². The third-order valence-corrected chi connectivity index (χ3v) is 10.0. The number of hydrogen-bond acceptors (Lipinski definition) is 11. The van der Waals surface area contributed by atoms with Crippen molar-refractivity contribution < 1.29 is 28.1 Å². The van der Waals surface area contributed by atoms with Gasteiger partial charge >= 0.3 is 12.2 Å². The van der Waals surface area contributed by atoms with Gasteiger partial charge in [0.1, 0.15) is 18.6 Å². The number of carbonyl (C=O) groups excluding carboxylic acids is 1. The van der Waals surface area contributed by atoms with Gasteiger partial charge in [-0.25, -0.2) is 9.18 Å². The van der Waals surface area contributed by atoms with Crippen molar-refractivity contribution in [2.45, 2.75) is 56.3 Å². The van der Waals surface area contributed by atoms with Crippen molar-refractivity contribution in [1.82, 2.24) is 30.0 Å². The molecule has 8 heterocycles. The molecular weight excluding hydrogens is 617 g/mol. The highest BCUT2D eigenvalue weighted by molar-refractivity contribution is 6.33. The molecule has 242 valence electrons. The van der Waals surface area contributed by atoms with Gasteiger partial charge in [0.2, 0.25) is 0 Å². The lowest BCUT2D eigenvalue weighted by atomic mass is 9.95. The maximum absolute atomic E-state index is 14.5. The highest BCUT2D eigenvalue weighted by Gasteiger charge is 2.49. The maximum Gasteiger partial charge on any atom is 0.508 e. The van der Waals surface area contributed by atoms with Gasteiger partial charge in [-0.15, -0.1) is 0 Å². The number of fused-ring (bicyclic) bond motifs is 8. The Bertz CT molecular complexity index is 1820. The second kappa shape index (κ2) is 11.5. The van der Waals surface area contributed by atoms with Gasteiger partial charge in [-0.2, -0.15) is 15.1 Å². The van der Waals surface area contributed by atoms with Gasteiger partial charge in [-0.1, -0.05) is 11.6 Å². The van der Waals surface area contributed by atoms with Crippen LogP contribution >= 0.6 is 11.6 Å². The van der Waals surface area contributed by atoms with Gasteiger partial charge in [0, 0.05) is 41.7 Å². The van der Waals surface area contributed by atoms with Crippen molar-refractivity contribution in [3.63, 3.8) is 0 Å². The normalized spacial score (nSPS) is 27.1. The number of alkyl halides is 1. The number of ether oxygens (including phenoxy) is 4. The Morgan fingerprint density at radius 1 is 1.17 bits per heavy atom. The first-order chi connectivity index (χ1) is 22.3. The first-order valence-electron chi connectivity index (χ1n) is 15.8. The van der Waals surface area contributed by atoms with Gasteiger partial charge in [-0.3, -0.25) is 15.0 Å². The minimum Gasteiger partial charge on any atom is -0.461 e. The lowest BCUT2D eigenvalue weighted by Gasteiger charge is -2.33.